The number of hydrogen-bond donors (Lipinski definition) is 3. The Morgan fingerprint density at radius 2 is 1.40 bits per heavy atom. The lowest BCUT2D eigenvalue weighted by atomic mass is 9.98. The van der Waals surface area contributed by atoms with Crippen molar-refractivity contribution in [3.63, 3.8) is 0 Å². The smallest absolute Gasteiger partial charge is 0.261 e. The van der Waals surface area contributed by atoms with Gasteiger partial charge in [-0.1, -0.05) is 74.5 Å². The van der Waals surface area contributed by atoms with Crippen LogP contribution in [0.5, 0.6) is 0 Å². The van der Waals surface area contributed by atoms with Crippen LogP contribution in [-0.4, -0.2) is 58.3 Å². The van der Waals surface area contributed by atoms with Crippen LogP contribution in [0.2, 0.25) is 0 Å². The normalized spacial score (nSPS) is 15.3. The van der Waals surface area contributed by atoms with Gasteiger partial charge < -0.3 is 15.5 Å². The second-order valence-corrected chi connectivity index (χ2v) is 14.5. The largest absolute Gasteiger partial charge is 0.344 e. The highest BCUT2D eigenvalue weighted by Crippen LogP contribution is 2.44. The number of carbonyl (C=O) groups excluding carboxylic acids is 4. The fourth-order valence-corrected chi connectivity index (χ4v) is 7.48. The Morgan fingerprint density at radius 1 is 0.822 bits per heavy atom. The predicted molar refractivity (Wildman–Crippen MR) is 175 cm³/mol. The van der Waals surface area contributed by atoms with Crippen molar-refractivity contribution in [3.05, 3.63) is 102 Å². The van der Waals surface area contributed by atoms with Crippen LogP contribution in [0, 0.1) is 11.8 Å². The Labute approximate surface area is 264 Å². The van der Waals surface area contributed by atoms with Crippen molar-refractivity contribution in [1.29, 1.82) is 0 Å². The summed E-state index contributed by atoms with van der Waals surface area (Å²) < 4.78 is 13.4. The van der Waals surface area contributed by atoms with Gasteiger partial charge in [0.1, 0.15) is 6.04 Å². The zero-order valence-corrected chi connectivity index (χ0v) is 26.7. The van der Waals surface area contributed by atoms with Gasteiger partial charge >= 0.3 is 0 Å². The number of rotatable bonds is 16. The summed E-state index contributed by atoms with van der Waals surface area (Å²) in [6, 6.07) is 24.5. The van der Waals surface area contributed by atoms with Crippen LogP contribution < -0.4 is 10.6 Å². The highest BCUT2D eigenvalue weighted by molar-refractivity contribution is 7.58. The minimum Gasteiger partial charge on any atom is -0.344 e. The van der Waals surface area contributed by atoms with Gasteiger partial charge in [0.05, 0.1) is 11.1 Å². The molecule has 1 aliphatic heterocycles. The van der Waals surface area contributed by atoms with E-state index in [4.69, 9.17) is 0 Å². The molecular weight excluding hydrogens is 589 g/mol. The zero-order valence-electron chi connectivity index (χ0n) is 25.9. The van der Waals surface area contributed by atoms with Gasteiger partial charge in [-0.3, -0.25) is 28.6 Å². The summed E-state index contributed by atoms with van der Waals surface area (Å²) in [5.41, 5.74) is 2.36. The monoisotopic (exact) mass is 631 g/mol. The lowest BCUT2D eigenvalue weighted by Crippen LogP contribution is -2.47. The van der Waals surface area contributed by atoms with Gasteiger partial charge in [-0.05, 0) is 67.9 Å². The Kier molecular flexibility index (Phi) is 11.9. The molecule has 9 nitrogen and oxygen atoms in total. The van der Waals surface area contributed by atoms with Crippen LogP contribution >= 0.6 is 7.37 Å². The van der Waals surface area contributed by atoms with Gasteiger partial charge in [-0.2, -0.15) is 0 Å². The Bertz CT molecular complexity index is 1490. The van der Waals surface area contributed by atoms with E-state index in [1.54, 1.807) is 36.4 Å². The van der Waals surface area contributed by atoms with Gasteiger partial charge in [0.15, 0.2) is 0 Å². The highest BCUT2D eigenvalue weighted by atomic mass is 31.2. The number of fused-ring (bicyclic) bond motifs is 1. The summed E-state index contributed by atoms with van der Waals surface area (Å²) in [6.45, 7) is 4.08. The third-order valence-electron chi connectivity index (χ3n) is 7.90. The number of nitrogens with one attached hydrogen (secondary N) is 2. The second-order valence-electron chi connectivity index (χ2n) is 12.0. The summed E-state index contributed by atoms with van der Waals surface area (Å²) >= 11 is 0. The highest BCUT2D eigenvalue weighted by Gasteiger charge is 2.35. The van der Waals surface area contributed by atoms with Crippen LogP contribution in [0.15, 0.2) is 84.9 Å². The number of nitrogens with zero attached hydrogens (tertiary/aromatic N) is 1. The van der Waals surface area contributed by atoms with Gasteiger partial charge in [0, 0.05) is 30.5 Å². The second kappa shape index (κ2) is 15.8. The Balaban J connectivity index is 1.39. The van der Waals surface area contributed by atoms with E-state index < -0.39 is 25.2 Å². The number of hydrogen-bond acceptors (Lipinski definition) is 5. The molecule has 0 fully saturated rings. The van der Waals surface area contributed by atoms with Crippen molar-refractivity contribution < 1.29 is 28.6 Å². The van der Waals surface area contributed by atoms with Gasteiger partial charge in [-0.25, -0.2) is 0 Å². The summed E-state index contributed by atoms with van der Waals surface area (Å²) in [6.07, 6.45) is 1.68. The molecular formula is C35H42N3O6P. The van der Waals surface area contributed by atoms with E-state index in [1.807, 2.05) is 62.4 Å². The molecule has 0 aromatic heterocycles. The molecule has 3 aromatic carbocycles. The molecule has 10 heteroatoms. The molecule has 1 aliphatic rings. The maximum atomic E-state index is 13.7. The first kappa shape index (κ1) is 33.8. The molecule has 1 heterocycles. The number of imide groups is 1. The van der Waals surface area contributed by atoms with Crippen LogP contribution in [0.1, 0.15) is 65.8 Å². The van der Waals surface area contributed by atoms with E-state index in [0.29, 0.717) is 48.9 Å². The van der Waals surface area contributed by atoms with E-state index in [0.717, 1.165) is 5.56 Å². The lowest BCUT2D eigenvalue weighted by molar-refractivity contribution is -0.129. The predicted octanol–water partition coefficient (Wildman–Crippen LogP) is 5.75. The van der Waals surface area contributed by atoms with E-state index in [9.17, 15) is 28.6 Å². The molecule has 3 N–H and O–H groups in total. The fourth-order valence-electron chi connectivity index (χ4n) is 5.54. The number of benzene rings is 3. The number of carbonyl (C=O) groups is 4. The molecule has 0 spiro atoms. The van der Waals surface area contributed by atoms with E-state index in [-0.39, 0.29) is 42.5 Å². The Morgan fingerprint density at radius 3 is 2.00 bits per heavy atom. The van der Waals surface area contributed by atoms with Gasteiger partial charge in [0.25, 0.3) is 11.8 Å². The van der Waals surface area contributed by atoms with E-state index in [1.165, 1.54) is 4.90 Å². The van der Waals surface area contributed by atoms with Crippen LogP contribution in [0.4, 0.5) is 5.69 Å². The summed E-state index contributed by atoms with van der Waals surface area (Å²) in [5.74, 6) is -2.16. The van der Waals surface area contributed by atoms with Crippen molar-refractivity contribution in [2.45, 2.75) is 52.0 Å². The lowest BCUT2D eigenvalue weighted by Gasteiger charge is -2.25. The molecule has 238 valence electrons. The van der Waals surface area contributed by atoms with Crippen molar-refractivity contribution in [2.24, 2.45) is 11.8 Å². The molecule has 0 saturated heterocycles. The zero-order chi connectivity index (χ0) is 32.4. The SMILES string of the molecule is CC(C)C[C@H](NC(=O)C(CCc1ccccc1)CP(=O)(O)CCCCN1C(=O)c2ccccc2C1=O)C(=O)Nc1ccccc1. The molecule has 0 radical (unpaired) electrons. The summed E-state index contributed by atoms with van der Waals surface area (Å²) in [7, 11) is -3.77. The molecule has 3 atom stereocenters. The van der Waals surface area contributed by atoms with Crippen LogP contribution in [0.25, 0.3) is 0 Å². The molecule has 4 amide bonds. The molecule has 45 heavy (non-hydrogen) atoms. The third-order valence-corrected chi connectivity index (χ3v) is 9.93. The average Bonchev–Trinajstić information content (AvgIpc) is 3.26. The minimum absolute atomic E-state index is 0.0464. The third kappa shape index (κ3) is 9.71. The quantitative estimate of drug-likeness (QED) is 0.105. The number of aryl methyl sites for hydroxylation is 1. The topological polar surface area (TPSA) is 133 Å². The van der Waals surface area contributed by atoms with Crippen molar-refractivity contribution >= 4 is 36.7 Å². The number of amides is 4. The number of unbranched alkanes of at least 4 members (excludes halogenated alkanes) is 1. The van der Waals surface area contributed by atoms with Crippen LogP contribution in [-0.2, 0) is 20.6 Å². The van der Waals surface area contributed by atoms with Gasteiger partial charge in [0.2, 0.25) is 19.2 Å². The van der Waals surface area contributed by atoms with E-state index in [2.05, 4.69) is 10.6 Å². The van der Waals surface area contributed by atoms with Crippen LogP contribution in [0.3, 0.4) is 0 Å². The maximum Gasteiger partial charge on any atom is 0.261 e. The number of para-hydroxylation sites is 1. The van der Waals surface area contributed by atoms with Crippen molar-refractivity contribution in [1.82, 2.24) is 10.2 Å². The molecule has 2 unspecified atom stereocenters. The minimum atomic E-state index is -3.77. The average molecular weight is 632 g/mol. The summed E-state index contributed by atoms with van der Waals surface area (Å²) in [5, 5.41) is 5.74. The number of anilines is 1. The molecule has 3 aromatic rings. The standard InChI is InChI=1S/C35H42N3O6P/c1-25(2)23-31(33(40)36-28-15-7-4-8-16-28)37-32(39)27(20-19-26-13-5-3-6-14-26)24-45(43,44)22-12-11-21-38-34(41)29-17-9-10-18-30(29)35(38)42/h3-10,13-18,25,27,31H,11-12,19-24H2,1-2H3,(H,36,40)(H,37,39)(H,43,44)/t27?,31-/m0/s1. The molecule has 0 bridgehead atoms. The molecule has 0 aliphatic carbocycles. The first-order chi connectivity index (χ1) is 21.5. The van der Waals surface area contributed by atoms with Gasteiger partial charge in [-0.15, -0.1) is 0 Å². The Hall–Kier alpha value is -4.07. The van der Waals surface area contributed by atoms with E-state index >= 15 is 0 Å². The molecule has 0 saturated carbocycles. The first-order valence-electron chi connectivity index (χ1n) is 15.5. The first-order valence-corrected chi connectivity index (χ1v) is 17.5. The van der Waals surface area contributed by atoms with Crippen molar-refractivity contribution in [2.75, 3.05) is 24.2 Å². The molecule has 4 rings (SSSR count). The maximum absolute atomic E-state index is 13.7. The fraction of sp³-hybridized carbons (Fsp3) is 0.371. The summed E-state index contributed by atoms with van der Waals surface area (Å²) in [4.78, 5) is 64.3. The van der Waals surface area contributed by atoms with Crippen molar-refractivity contribution in [3.8, 4) is 0 Å².